The van der Waals surface area contributed by atoms with Crippen molar-refractivity contribution in [2.24, 2.45) is 0 Å². The molecular weight excluding hydrogens is 324 g/mol. The number of aromatic nitrogens is 3. The molecule has 0 unspecified atom stereocenters. The lowest BCUT2D eigenvalue weighted by atomic mass is 10.1. The molecule has 0 aliphatic heterocycles. The lowest BCUT2D eigenvalue weighted by Crippen LogP contribution is -2.35. The smallest absolute Gasteiger partial charge is 0.252 e. The van der Waals surface area contributed by atoms with Gasteiger partial charge in [0.1, 0.15) is 0 Å². The first-order chi connectivity index (χ1) is 11.6. The average molecular weight is 344 g/mol. The van der Waals surface area contributed by atoms with Crippen LogP contribution in [0.3, 0.4) is 0 Å². The van der Waals surface area contributed by atoms with E-state index in [0.29, 0.717) is 18.7 Å². The number of fused-ring (bicyclic) bond motifs is 1. The third-order valence-electron chi connectivity index (χ3n) is 3.72. The maximum absolute atomic E-state index is 12.7. The van der Waals surface area contributed by atoms with Gasteiger partial charge in [-0.2, -0.15) is 5.10 Å². The summed E-state index contributed by atoms with van der Waals surface area (Å²) in [6.45, 7) is 5.08. The van der Waals surface area contributed by atoms with Crippen molar-refractivity contribution in [3.63, 3.8) is 0 Å². The molecule has 0 saturated carbocycles. The van der Waals surface area contributed by atoms with Gasteiger partial charge >= 0.3 is 0 Å². The van der Waals surface area contributed by atoms with E-state index in [4.69, 9.17) is 9.72 Å². The number of methoxy groups -OCH3 is 1. The Hall–Kier alpha value is -2.25. The highest BCUT2D eigenvalue weighted by Crippen LogP contribution is 2.28. The van der Waals surface area contributed by atoms with E-state index >= 15 is 0 Å². The number of nitrogens with zero attached hydrogens (tertiary/aromatic N) is 3. The Morgan fingerprint density at radius 1 is 1.50 bits per heavy atom. The van der Waals surface area contributed by atoms with Crippen LogP contribution in [0, 0.1) is 0 Å². The van der Waals surface area contributed by atoms with E-state index < -0.39 is 0 Å². The topological polar surface area (TPSA) is 69.0 Å². The van der Waals surface area contributed by atoms with Crippen LogP contribution in [0.5, 0.6) is 0 Å². The molecule has 1 atom stereocenters. The summed E-state index contributed by atoms with van der Waals surface area (Å²) in [5.74, 6) is -0.139. The molecule has 0 radical (unpaired) electrons. The fraction of sp³-hybridized carbons (Fsp3) is 0.353. The lowest BCUT2D eigenvalue weighted by molar-refractivity contribution is 0.0907. The van der Waals surface area contributed by atoms with Gasteiger partial charge in [-0.15, -0.1) is 11.3 Å². The summed E-state index contributed by atoms with van der Waals surface area (Å²) in [7, 11) is 1.62. The highest BCUT2D eigenvalue weighted by molar-refractivity contribution is 7.13. The lowest BCUT2D eigenvalue weighted by Gasteiger charge is -2.13. The number of hydrogen-bond acceptors (Lipinski definition) is 5. The van der Waals surface area contributed by atoms with Gasteiger partial charge in [0.05, 0.1) is 34.3 Å². The van der Waals surface area contributed by atoms with Crippen LogP contribution in [-0.2, 0) is 11.3 Å². The van der Waals surface area contributed by atoms with Crippen LogP contribution in [0.2, 0.25) is 0 Å². The average Bonchev–Trinajstić information content (AvgIpc) is 3.23. The molecule has 3 rings (SSSR count). The minimum Gasteiger partial charge on any atom is -0.383 e. The number of amides is 1. The first-order valence-corrected chi connectivity index (χ1v) is 8.72. The van der Waals surface area contributed by atoms with Crippen molar-refractivity contribution in [2.45, 2.75) is 26.4 Å². The molecule has 7 heteroatoms. The van der Waals surface area contributed by atoms with Crippen molar-refractivity contribution in [1.82, 2.24) is 20.1 Å². The molecule has 3 aromatic heterocycles. The second kappa shape index (κ2) is 7.11. The highest BCUT2D eigenvalue weighted by atomic mass is 32.1. The van der Waals surface area contributed by atoms with E-state index in [2.05, 4.69) is 10.4 Å². The molecule has 1 N–H and O–H groups in total. The Morgan fingerprint density at radius 3 is 3.00 bits per heavy atom. The van der Waals surface area contributed by atoms with E-state index in [1.54, 1.807) is 24.6 Å². The SMILES string of the molecule is CCn1ncc2c(C(=O)N[C@H](C)COC)cc(-c3cccs3)nc21. The number of hydrogen-bond donors (Lipinski definition) is 1. The molecule has 0 bridgehead atoms. The van der Waals surface area contributed by atoms with Crippen LogP contribution in [0.25, 0.3) is 21.6 Å². The molecule has 24 heavy (non-hydrogen) atoms. The Morgan fingerprint density at radius 2 is 2.33 bits per heavy atom. The number of nitrogens with one attached hydrogen (secondary N) is 1. The minimum atomic E-state index is -0.139. The van der Waals surface area contributed by atoms with Crippen LogP contribution in [-0.4, -0.2) is 40.4 Å². The van der Waals surface area contributed by atoms with Gasteiger partial charge in [0.15, 0.2) is 5.65 Å². The number of pyridine rings is 1. The molecule has 0 aromatic carbocycles. The molecule has 3 heterocycles. The fourth-order valence-corrected chi connectivity index (χ4v) is 3.30. The van der Waals surface area contributed by atoms with Crippen molar-refractivity contribution >= 4 is 28.3 Å². The molecule has 0 fully saturated rings. The Kier molecular flexibility index (Phi) is 4.92. The Balaban J connectivity index is 2.08. The number of carbonyl (C=O) groups is 1. The van der Waals surface area contributed by atoms with E-state index in [1.807, 2.05) is 42.1 Å². The number of ether oxygens (including phenoxy) is 1. The van der Waals surface area contributed by atoms with Gasteiger partial charge in [-0.25, -0.2) is 9.67 Å². The third kappa shape index (κ3) is 3.18. The number of aryl methyl sites for hydroxylation is 1. The van der Waals surface area contributed by atoms with Crippen molar-refractivity contribution in [3.8, 4) is 10.6 Å². The van der Waals surface area contributed by atoms with Gasteiger partial charge < -0.3 is 10.1 Å². The van der Waals surface area contributed by atoms with Gasteiger partial charge in [0.25, 0.3) is 5.91 Å². The summed E-state index contributed by atoms with van der Waals surface area (Å²) in [6.07, 6.45) is 1.71. The first-order valence-electron chi connectivity index (χ1n) is 7.84. The monoisotopic (exact) mass is 344 g/mol. The summed E-state index contributed by atoms with van der Waals surface area (Å²) in [6, 6.07) is 5.74. The number of thiophene rings is 1. The van der Waals surface area contributed by atoms with Gasteiger partial charge in [-0.05, 0) is 31.4 Å². The predicted molar refractivity (Wildman–Crippen MR) is 95.3 cm³/mol. The van der Waals surface area contributed by atoms with Gasteiger partial charge in [0, 0.05) is 19.7 Å². The second-order valence-electron chi connectivity index (χ2n) is 5.56. The molecule has 0 aliphatic carbocycles. The summed E-state index contributed by atoms with van der Waals surface area (Å²) in [4.78, 5) is 18.5. The third-order valence-corrected chi connectivity index (χ3v) is 4.61. The van der Waals surface area contributed by atoms with Gasteiger partial charge in [0.2, 0.25) is 0 Å². The first kappa shape index (κ1) is 16.6. The van der Waals surface area contributed by atoms with Gasteiger partial charge in [-0.3, -0.25) is 4.79 Å². The van der Waals surface area contributed by atoms with Crippen LogP contribution in [0.15, 0.2) is 29.8 Å². The second-order valence-corrected chi connectivity index (χ2v) is 6.51. The molecule has 126 valence electrons. The zero-order chi connectivity index (χ0) is 17.1. The van der Waals surface area contributed by atoms with Crippen LogP contribution in [0.4, 0.5) is 0 Å². The quantitative estimate of drug-likeness (QED) is 0.746. The molecule has 0 saturated heterocycles. The van der Waals surface area contributed by atoms with E-state index in [0.717, 1.165) is 21.6 Å². The van der Waals surface area contributed by atoms with Gasteiger partial charge in [-0.1, -0.05) is 6.07 Å². The molecule has 3 aromatic rings. The van der Waals surface area contributed by atoms with E-state index in [1.165, 1.54) is 0 Å². The Bertz CT molecular complexity index is 842. The highest BCUT2D eigenvalue weighted by Gasteiger charge is 2.18. The largest absolute Gasteiger partial charge is 0.383 e. The van der Waals surface area contributed by atoms with E-state index in [-0.39, 0.29) is 11.9 Å². The maximum atomic E-state index is 12.7. The number of rotatable bonds is 6. The van der Waals surface area contributed by atoms with Crippen molar-refractivity contribution in [2.75, 3.05) is 13.7 Å². The number of carbonyl (C=O) groups excluding carboxylic acids is 1. The van der Waals surface area contributed by atoms with Crippen LogP contribution in [0.1, 0.15) is 24.2 Å². The molecular formula is C17H20N4O2S. The van der Waals surface area contributed by atoms with Crippen molar-refractivity contribution in [1.29, 1.82) is 0 Å². The summed E-state index contributed by atoms with van der Waals surface area (Å²) < 4.78 is 6.90. The standard InChI is InChI=1S/C17H20N4O2S/c1-4-21-16-13(9-18-21)12(17(22)19-11(2)10-23-3)8-14(20-16)15-6-5-7-24-15/h5-9,11H,4,10H2,1-3H3,(H,19,22)/t11-/m1/s1. The predicted octanol–water partition coefficient (Wildman–Crippen LogP) is 2.94. The van der Waals surface area contributed by atoms with Crippen LogP contribution >= 0.6 is 11.3 Å². The van der Waals surface area contributed by atoms with E-state index in [9.17, 15) is 4.79 Å². The maximum Gasteiger partial charge on any atom is 0.252 e. The zero-order valence-corrected chi connectivity index (χ0v) is 14.8. The zero-order valence-electron chi connectivity index (χ0n) is 13.9. The van der Waals surface area contributed by atoms with Crippen molar-refractivity contribution < 1.29 is 9.53 Å². The fourth-order valence-electron chi connectivity index (χ4n) is 2.61. The Labute approximate surface area is 144 Å². The molecule has 0 spiro atoms. The minimum absolute atomic E-state index is 0.0721. The molecule has 0 aliphatic rings. The normalized spacial score (nSPS) is 12.5. The molecule has 6 nitrogen and oxygen atoms in total. The summed E-state index contributed by atoms with van der Waals surface area (Å²) in [5, 5.41) is 10.1. The molecule has 1 amide bonds. The van der Waals surface area contributed by atoms with Crippen molar-refractivity contribution in [3.05, 3.63) is 35.3 Å². The summed E-state index contributed by atoms with van der Waals surface area (Å²) >= 11 is 1.60. The summed E-state index contributed by atoms with van der Waals surface area (Å²) in [5.41, 5.74) is 2.11. The van der Waals surface area contributed by atoms with Crippen LogP contribution < -0.4 is 5.32 Å².